The molecule has 3 aromatic carbocycles. The van der Waals surface area contributed by atoms with Gasteiger partial charge >= 0.3 is 5.97 Å². The Morgan fingerprint density at radius 1 is 1.20 bits per heavy atom. The van der Waals surface area contributed by atoms with Gasteiger partial charge in [0, 0.05) is 22.0 Å². The van der Waals surface area contributed by atoms with Crippen molar-refractivity contribution >= 4 is 17.3 Å². The van der Waals surface area contributed by atoms with Crippen LogP contribution in [0.3, 0.4) is 0 Å². The first kappa shape index (κ1) is 33.6. The fraction of sp³-hybridized carbons (Fsp3) is 0.242. The van der Waals surface area contributed by atoms with Gasteiger partial charge in [-0.15, -0.1) is 16.0 Å². The molecule has 45 heavy (non-hydrogen) atoms. The molecule has 2 aromatic heterocycles. The number of benzene rings is 3. The van der Waals surface area contributed by atoms with Gasteiger partial charge in [0.25, 0.3) is 6.33 Å². The second-order valence-electron chi connectivity index (χ2n) is 10.8. The lowest BCUT2D eigenvalue weighted by atomic mass is 9.82. The number of esters is 1. The Kier molecular flexibility index (Phi) is 10.6. The van der Waals surface area contributed by atoms with Crippen molar-refractivity contribution in [1.82, 2.24) is 14.8 Å². The largest absolute Gasteiger partial charge is 1.00 e. The normalized spacial score (nSPS) is 12.9. The molecule has 0 aliphatic heterocycles. The van der Waals surface area contributed by atoms with Crippen LogP contribution in [0.4, 0.5) is 4.39 Å². The molecule has 232 valence electrons. The minimum absolute atomic E-state index is 0. The van der Waals surface area contributed by atoms with Crippen molar-refractivity contribution in [3.05, 3.63) is 117 Å². The molecule has 3 N–H and O–H groups in total. The number of aromatic nitrogens is 4. The number of thiazole rings is 1. The predicted molar refractivity (Wildman–Crippen MR) is 163 cm³/mol. The molecule has 0 saturated heterocycles. The number of nitrogens with zero attached hydrogens (tertiary/aromatic N) is 5. The van der Waals surface area contributed by atoms with Crippen LogP contribution < -0.4 is 32.0 Å². The molecular formula is C33H32BrFN6O3S. The summed E-state index contributed by atoms with van der Waals surface area (Å²) in [6, 6.07) is 19.1. The molecule has 0 aliphatic rings. The van der Waals surface area contributed by atoms with Gasteiger partial charge in [0.1, 0.15) is 23.7 Å². The van der Waals surface area contributed by atoms with Crippen LogP contribution in [-0.2, 0) is 23.5 Å². The average molecular weight is 692 g/mol. The third kappa shape index (κ3) is 7.51. The number of ether oxygens (including phenoxy) is 1. The number of nitriles is 1. The monoisotopic (exact) mass is 690 g/mol. The van der Waals surface area contributed by atoms with Crippen molar-refractivity contribution in [2.45, 2.75) is 45.4 Å². The summed E-state index contributed by atoms with van der Waals surface area (Å²) in [5.74, 6) is -0.966. The number of aliphatic hydroxyl groups is 1. The number of aryl methyl sites for hydroxylation is 2. The van der Waals surface area contributed by atoms with Crippen molar-refractivity contribution in [3.8, 4) is 23.1 Å². The van der Waals surface area contributed by atoms with E-state index in [2.05, 4.69) is 11.2 Å². The summed E-state index contributed by atoms with van der Waals surface area (Å²) < 4.78 is 23.3. The highest BCUT2D eigenvalue weighted by Crippen LogP contribution is 2.40. The molecule has 12 heteroatoms. The molecule has 0 fully saturated rings. The SMILES string of the molecule is Cc1cc(C[n+]2cnn(CC(O)(c3cccc(F)c3)C(C)c3nc(-c4ccc(C#N)cc4)cs3)c2)cc(C)c1OC(=O)CN.[Br-]. The van der Waals surface area contributed by atoms with Crippen LogP contribution in [0.25, 0.3) is 11.3 Å². The van der Waals surface area contributed by atoms with E-state index in [1.165, 1.54) is 23.5 Å². The first-order chi connectivity index (χ1) is 21.1. The zero-order chi connectivity index (χ0) is 31.4. The maximum Gasteiger partial charge on any atom is 0.325 e. The van der Waals surface area contributed by atoms with E-state index in [0.29, 0.717) is 28.4 Å². The number of nitrogens with two attached hydrogens (primary N) is 1. The smallest absolute Gasteiger partial charge is 0.325 e. The van der Waals surface area contributed by atoms with Crippen LogP contribution in [0.15, 0.2) is 78.7 Å². The van der Waals surface area contributed by atoms with Gasteiger partial charge < -0.3 is 32.6 Å². The average Bonchev–Trinajstić information content (AvgIpc) is 3.68. The number of hydrogen-bond acceptors (Lipinski definition) is 8. The molecule has 5 rings (SSSR count). The van der Waals surface area contributed by atoms with E-state index in [-0.39, 0.29) is 30.1 Å². The number of carbonyl (C=O) groups is 1. The van der Waals surface area contributed by atoms with Gasteiger partial charge in [0.2, 0.25) is 6.33 Å². The lowest BCUT2D eigenvalue weighted by Crippen LogP contribution is -3.00. The highest BCUT2D eigenvalue weighted by atomic mass is 79.9. The van der Waals surface area contributed by atoms with Crippen molar-refractivity contribution < 1.29 is 40.6 Å². The third-order valence-electron chi connectivity index (χ3n) is 7.54. The molecule has 0 saturated carbocycles. The Labute approximate surface area is 275 Å². The molecule has 5 aromatic rings. The molecule has 2 unspecified atom stereocenters. The zero-order valence-electron chi connectivity index (χ0n) is 24.9. The number of carbonyl (C=O) groups excluding carboxylic acids is 1. The van der Waals surface area contributed by atoms with Gasteiger partial charge in [-0.05, 0) is 72.5 Å². The Morgan fingerprint density at radius 2 is 1.91 bits per heavy atom. The maximum absolute atomic E-state index is 14.4. The zero-order valence-corrected chi connectivity index (χ0v) is 27.3. The first-order valence-corrected chi connectivity index (χ1v) is 14.8. The molecular weight excluding hydrogens is 659 g/mol. The molecule has 2 heterocycles. The summed E-state index contributed by atoms with van der Waals surface area (Å²) in [5, 5.41) is 28.5. The summed E-state index contributed by atoms with van der Waals surface area (Å²) >= 11 is 1.41. The summed E-state index contributed by atoms with van der Waals surface area (Å²) in [7, 11) is 0. The summed E-state index contributed by atoms with van der Waals surface area (Å²) in [5.41, 5.74) is 9.01. The molecule has 0 spiro atoms. The van der Waals surface area contributed by atoms with Gasteiger partial charge in [0.05, 0.1) is 35.4 Å². The van der Waals surface area contributed by atoms with Crippen LogP contribution in [0, 0.1) is 31.0 Å². The van der Waals surface area contributed by atoms with Crippen molar-refractivity contribution in [3.63, 3.8) is 0 Å². The van der Waals surface area contributed by atoms with Gasteiger partial charge in [-0.25, -0.2) is 13.9 Å². The summed E-state index contributed by atoms with van der Waals surface area (Å²) in [6.07, 6.45) is 3.45. The van der Waals surface area contributed by atoms with E-state index in [4.69, 9.17) is 20.7 Å². The van der Waals surface area contributed by atoms with Gasteiger partial charge in [0.15, 0.2) is 0 Å². The van der Waals surface area contributed by atoms with E-state index >= 15 is 0 Å². The quantitative estimate of drug-likeness (QED) is 0.129. The van der Waals surface area contributed by atoms with Crippen LogP contribution >= 0.6 is 11.3 Å². The van der Waals surface area contributed by atoms with Crippen molar-refractivity contribution in [2.24, 2.45) is 5.73 Å². The van der Waals surface area contributed by atoms with Gasteiger partial charge in [-0.2, -0.15) is 5.26 Å². The lowest BCUT2D eigenvalue weighted by Gasteiger charge is -2.31. The second kappa shape index (κ2) is 14.2. The highest BCUT2D eigenvalue weighted by molar-refractivity contribution is 7.10. The Bertz CT molecular complexity index is 1830. The Balaban J connectivity index is 0.00000461. The summed E-state index contributed by atoms with van der Waals surface area (Å²) in [6.45, 7) is 5.94. The van der Waals surface area contributed by atoms with Crippen LogP contribution in [0.2, 0.25) is 0 Å². The lowest BCUT2D eigenvalue weighted by molar-refractivity contribution is -0.689. The van der Waals surface area contributed by atoms with Crippen molar-refractivity contribution in [2.75, 3.05) is 6.54 Å². The van der Waals surface area contributed by atoms with E-state index in [0.717, 1.165) is 27.9 Å². The molecule has 0 bridgehead atoms. The Hall–Kier alpha value is -4.28. The molecule has 0 aliphatic carbocycles. The Morgan fingerprint density at radius 3 is 2.56 bits per heavy atom. The molecule has 9 nitrogen and oxygen atoms in total. The van der Waals surface area contributed by atoms with Crippen LogP contribution in [-0.4, -0.2) is 32.4 Å². The topological polar surface area (TPSA) is 131 Å². The second-order valence-corrected chi connectivity index (χ2v) is 11.7. The minimum atomic E-state index is -1.55. The minimum Gasteiger partial charge on any atom is -1.00 e. The highest BCUT2D eigenvalue weighted by Gasteiger charge is 2.41. The first-order valence-electron chi connectivity index (χ1n) is 14.0. The van der Waals surface area contributed by atoms with Crippen LogP contribution in [0.5, 0.6) is 5.75 Å². The van der Waals surface area contributed by atoms with E-state index < -0.39 is 23.3 Å². The maximum atomic E-state index is 14.4. The van der Waals surface area contributed by atoms with E-state index in [1.807, 2.05) is 55.0 Å². The van der Waals surface area contributed by atoms with Crippen molar-refractivity contribution in [1.29, 1.82) is 5.26 Å². The number of rotatable bonds is 10. The fourth-order valence-corrected chi connectivity index (χ4v) is 6.18. The van der Waals surface area contributed by atoms with Gasteiger partial charge in [-0.3, -0.25) is 4.79 Å². The van der Waals surface area contributed by atoms with Gasteiger partial charge in [-0.1, -0.05) is 31.2 Å². The molecule has 0 radical (unpaired) electrons. The number of hydrogen-bond donors (Lipinski definition) is 2. The molecule has 0 amide bonds. The van der Waals surface area contributed by atoms with Crippen LogP contribution in [0.1, 0.15) is 45.7 Å². The predicted octanol–water partition coefficient (Wildman–Crippen LogP) is 1.53. The number of halogens is 2. The third-order valence-corrected chi connectivity index (χ3v) is 8.57. The molecule has 2 atom stereocenters. The summed E-state index contributed by atoms with van der Waals surface area (Å²) in [4.78, 5) is 16.5. The fourth-order valence-electron chi connectivity index (χ4n) is 5.21. The van der Waals surface area contributed by atoms with E-state index in [9.17, 15) is 14.3 Å². The van der Waals surface area contributed by atoms with E-state index in [1.54, 1.807) is 41.6 Å². The standard InChI is InChI=1S/C33H32FN6O3S.BrH/c1-21-11-25(12-22(2)31(21)43-30(41)15-36)16-39-19-37-40(20-39)18-33(42,27-5-4-6-28(34)13-27)23(3)32-38-29(17-44-32)26-9-7-24(14-35)8-10-26;/h4-13,17,19-20,23,42H,15-16,18,36H2,1-3H3;1H/q+1;/p-1.